The molecule has 1 fully saturated rings. The molecule has 5 nitrogen and oxygen atoms in total. The Morgan fingerprint density at radius 2 is 2.22 bits per heavy atom. The monoisotopic (exact) mass is 334 g/mol. The number of carbonyl (C=O) groups is 1. The first-order valence-corrected chi connectivity index (χ1v) is 8.90. The number of thiophene rings is 1. The average Bonchev–Trinajstić information content (AvgIpc) is 3.25. The normalized spacial score (nSPS) is 21.3. The molecule has 1 saturated carbocycles. The summed E-state index contributed by atoms with van der Waals surface area (Å²) < 4.78 is 5.46. The molecule has 23 heavy (non-hydrogen) atoms. The molecule has 0 radical (unpaired) electrons. The van der Waals surface area contributed by atoms with Gasteiger partial charge in [-0.05, 0) is 43.0 Å². The number of oxazole rings is 1. The van der Waals surface area contributed by atoms with Gasteiger partial charge in [0.15, 0.2) is 0 Å². The molecule has 0 unspecified atom stereocenters. The summed E-state index contributed by atoms with van der Waals surface area (Å²) in [6, 6.07) is 4.17. The quantitative estimate of drug-likeness (QED) is 0.913. The summed E-state index contributed by atoms with van der Waals surface area (Å²) in [4.78, 5) is 19.7. The van der Waals surface area contributed by atoms with E-state index in [1.54, 1.807) is 17.6 Å². The third-order valence-electron chi connectivity index (χ3n) is 4.63. The van der Waals surface area contributed by atoms with Gasteiger partial charge in [0, 0.05) is 19.7 Å². The molecule has 0 saturated heterocycles. The van der Waals surface area contributed by atoms with E-state index in [0.717, 1.165) is 30.6 Å². The van der Waals surface area contributed by atoms with E-state index >= 15 is 0 Å². The highest BCUT2D eigenvalue weighted by Gasteiger charge is 2.26. The largest absolute Gasteiger partial charge is 0.444 e. The molecule has 2 aromatic rings. The van der Waals surface area contributed by atoms with E-state index in [4.69, 9.17) is 4.42 Å². The van der Waals surface area contributed by atoms with Gasteiger partial charge in [-0.1, -0.05) is 6.07 Å². The van der Waals surface area contributed by atoms with Gasteiger partial charge in [-0.15, -0.1) is 11.3 Å². The van der Waals surface area contributed by atoms with Crippen molar-refractivity contribution in [3.05, 3.63) is 29.5 Å². The van der Waals surface area contributed by atoms with Crippen LogP contribution in [0.25, 0.3) is 10.8 Å². The number of amides is 1. The van der Waals surface area contributed by atoms with Crippen LogP contribution in [0.15, 0.2) is 28.2 Å². The van der Waals surface area contributed by atoms with Gasteiger partial charge in [0.25, 0.3) is 0 Å². The molecule has 1 N–H and O–H groups in total. The Labute approximate surface area is 140 Å². The summed E-state index contributed by atoms with van der Waals surface area (Å²) in [6.45, 7) is 0.259. The molecule has 124 valence electrons. The first-order valence-electron chi connectivity index (χ1n) is 8.02. The van der Waals surface area contributed by atoms with Crippen LogP contribution < -0.4 is 0 Å². The number of hydrogen-bond acceptors (Lipinski definition) is 5. The van der Waals surface area contributed by atoms with E-state index in [0.29, 0.717) is 17.5 Å². The van der Waals surface area contributed by atoms with Crippen LogP contribution in [0.4, 0.5) is 0 Å². The fourth-order valence-electron chi connectivity index (χ4n) is 3.10. The lowest BCUT2D eigenvalue weighted by Gasteiger charge is -2.34. The maximum absolute atomic E-state index is 12.5. The Kier molecular flexibility index (Phi) is 5.13. The number of rotatable bonds is 5. The fourth-order valence-corrected chi connectivity index (χ4v) is 3.76. The summed E-state index contributed by atoms with van der Waals surface area (Å²) in [7, 11) is 1.87. The molecule has 2 aromatic heterocycles. The van der Waals surface area contributed by atoms with E-state index < -0.39 is 0 Å². The zero-order valence-corrected chi connectivity index (χ0v) is 14.1. The van der Waals surface area contributed by atoms with Crippen molar-refractivity contribution < 1.29 is 14.3 Å². The molecule has 2 heterocycles. The Morgan fingerprint density at radius 1 is 1.43 bits per heavy atom. The number of aromatic nitrogens is 1. The second-order valence-electron chi connectivity index (χ2n) is 6.16. The molecule has 1 aliphatic carbocycles. The van der Waals surface area contributed by atoms with Gasteiger partial charge in [-0.3, -0.25) is 4.79 Å². The predicted octanol–water partition coefficient (Wildman–Crippen LogP) is 2.96. The molecule has 1 aliphatic rings. The maximum atomic E-state index is 12.5. The van der Waals surface area contributed by atoms with Crippen LogP contribution in [0.2, 0.25) is 0 Å². The molecule has 6 heteroatoms. The van der Waals surface area contributed by atoms with Crippen LogP contribution in [-0.4, -0.2) is 40.6 Å². The van der Waals surface area contributed by atoms with E-state index in [1.807, 2.05) is 29.5 Å². The number of aliphatic hydroxyl groups is 1. The van der Waals surface area contributed by atoms with Gasteiger partial charge >= 0.3 is 0 Å². The third-order valence-corrected chi connectivity index (χ3v) is 5.49. The van der Waals surface area contributed by atoms with Crippen molar-refractivity contribution in [1.82, 2.24) is 9.88 Å². The van der Waals surface area contributed by atoms with Crippen molar-refractivity contribution in [3.63, 3.8) is 0 Å². The van der Waals surface area contributed by atoms with Crippen molar-refractivity contribution in [2.75, 3.05) is 13.7 Å². The van der Waals surface area contributed by atoms with Crippen LogP contribution in [0, 0.1) is 5.92 Å². The molecular formula is C17H22N2O3S. The fraction of sp³-hybridized carbons (Fsp3) is 0.529. The smallest absolute Gasteiger partial charge is 0.236 e. The minimum Gasteiger partial charge on any atom is -0.444 e. The molecule has 1 amide bonds. The summed E-state index contributed by atoms with van der Waals surface area (Å²) in [5.41, 5.74) is 0.675. The summed E-state index contributed by atoms with van der Waals surface area (Å²) in [5.74, 6) is 1.05. The summed E-state index contributed by atoms with van der Waals surface area (Å²) in [6.07, 6.45) is 5.75. The van der Waals surface area contributed by atoms with E-state index in [-0.39, 0.29) is 25.0 Å². The SMILES string of the molecule is CN(C(=O)Cc1coc(-c2cccs2)n1)C1CCC(CO)CC1. The highest BCUT2D eigenvalue weighted by molar-refractivity contribution is 7.13. The molecule has 0 aliphatic heterocycles. The second-order valence-corrected chi connectivity index (χ2v) is 7.11. The number of hydrogen-bond donors (Lipinski definition) is 1. The Morgan fingerprint density at radius 3 is 2.87 bits per heavy atom. The number of nitrogens with zero attached hydrogens (tertiary/aromatic N) is 2. The van der Waals surface area contributed by atoms with Crippen LogP contribution in [0.1, 0.15) is 31.4 Å². The highest BCUT2D eigenvalue weighted by atomic mass is 32.1. The Hall–Kier alpha value is -1.66. The first kappa shape index (κ1) is 16.2. The van der Waals surface area contributed by atoms with Gasteiger partial charge in [0.2, 0.25) is 11.8 Å². The summed E-state index contributed by atoms with van der Waals surface area (Å²) >= 11 is 1.57. The van der Waals surface area contributed by atoms with Crippen molar-refractivity contribution >= 4 is 17.2 Å². The number of aliphatic hydroxyl groups excluding tert-OH is 1. The third kappa shape index (κ3) is 3.82. The van der Waals surface area contributed by atoms with Gasteiger partial charge in [0.05, 0.1) is 17.0 Å². The standard InChI is InChI=1S/C17H22N2O3S/c1-19(14-6-4-12(10-20)5-7-14)16(21)9-13-11-22-17(18-13)15-3-2-8-23-15/h2-3,8,11-12,14,20H,4-7,9-10H2,1H3. The van der Waals surface area contributed by atoms with Gasteiger partial charge in [0.1, 0.15) is 6.26 Å². The van der Waals surface area contributed by atoms with Crippen LogP contribution in [0.3, 0.4) is 0 Å². The van der Waals surface area contributed by atoms with Gasteiger partial charge in [-0.25, -0.2) is 4.98 Å². The molecule has 3 rings (SSSR count). The van der Waals surface area contributed by atoms with E-state index in [9.17, 15) is 9.90 Å². The molecule has 0 atom stereocenters. The van der Waals surface area contributed by atoms with Crippen molar-refractivity contribution in [2.24, 2.45) is 5.92 Å². The van der Waals surface area contributed by atoms with Crippen LogP contribution in [-0.2, 0) is 11.2 Å². The molecule has 0 aromatic carbocycles. The van der Waals surface area contributed by atoms with Crippen LogP contribution in [0.5, 0.6) is 0 Å². The lowest BCUT2D eigenvalue weighted by molar-refractivity contribution is -0.132. The second kappa shape index (κ2) is 7.27. The highest BCUT2D eigenvalue weighted by Crippen LogP contribution is 2.27. The minimum atomic E-state index is 0.0727. The van der Waals surface area contributed by atoms with Crippen LogP contribution >= 0.6 is 11.3 Å². The predicted molar refractivity (Wildman–Crippen MR) is 89.1 cm³/mol. The maximum Gasteiger partial charge on any atom is 0.236 e. The average molecular weight is 334 g/mol. The zero-order valence-electron chi connectivity index (χ0n) is 13.3. The van der Waals surface area contributed by atoms with Crippen molar-refractivity contribution in [1.29, 1.82) is 0 Å². The lowest BCUT2D eigenvalue weighted by Crippen LogP contribution is -2.40. The van der Waals surface area contributed by atoms with Crippen molar-refractivity contribution in [2.45, 2.75) is 38.1 Å². The van der Waals surface area contributed by atoms with Gasteiger partial charge in [-0.2, -0.15) is 0 Å². The summed E-state index contributed by atoms with van der Waals surface area (Å²) in [5, 5.41) is 11.2. The molecule has 0 bridgehead atoms. The zero-order chi connectivity index (χ0) is 16.2. The number of likely N-dealkylation sites (N-methyl/N-ethyl adjacent to an activating group) is 1. The van der Waals surface area contributed by atoms with E-state index in [1.165, 1.54) is 0 Å². The van der Waals surface area contributed by atoms with Gasteiger partial charge < -0.3 is 14.4 Å². The number of carbonyl (C=O) groups excluding carboxylic acids is 1. The Balaban J connectivity index is 1.56. The molecular weight excluding hydrogens is 312 g/mol. The molecule has 0 spiro atoms. The van der Waals surface area contributed by atoms with Crippen molar-refractivity contribution in [3.8, 4) is 10.8 Å². The first-order chi connectivity index (χ1) is 11.2. The topological polar surface area (TPSA) is 66.6 Å². The van der Waals surface area contributed by atoms with E-state index in [2.05, 4.69) is 4.98 Å². The minimum absolute atomic E-state index is 0.0727. The Bertz CT molecular complexity index is 630. The lowest BCUT2D eigenvalue weighted by atomic mass is 9.86.